The van der Waals surface area contributed by atoms with Gasteiger partial charge in [0, 0.05) is 0 Å². The van der Waals surface area contributed by atoms with Crippen LogP contribution in [0.2, 0.25) is 0 Å². The molecule has 0 saturated carbocycles. The summed E-state index contributed by atoms with van der Waals surface area (Å²) in [6.45, 7) is 7.21. The number of ether oxygens (including phenoxy) is 1. The van der Waals surface area contributed by atoms with Crippen LogP contribution in [0.25, 0.3) is 0 Å². The second kappa shape index (κ2) is 4.43. The van der Waals surface area contributed by atoms with Gasteiger partial charge in [0.25, 0.3) is 0 Å². The van der Waals surface area contributed by atoms with Crippen LogP contribution in [0.4, 0.5) is 10.1 Å². The summed E-state index contributed by atoms with van der Waals surface area (Å²) in [5.74, 6) is -0.720. The molecule has 6 heteroatoms. The molecule has 1 saturated heterocycles. The largest absolute Gasteiger partial charge is 0.396 e. The molecule has 1 unspecified atom stereocenters. The number of halogens is 1. The van der Waals surface area contributed by atoms with Crippen LogP contribution in [-0.2, 0) is 14.6 Å². The van der Waals surface area contributed by atoms with Crippen molar-refractivity contribution in [1.82, 2.24) is 0 Å². The van der Waals surface area contributed by atoms with Gasteiger partial charge in [0.2, 0.25) is 0 Å². The SMILES string of the molecule is CC1(C)CC(S(=O)(=O)c2ccc(N)c(F)c2)C(C)(C)O1. The Balaban J connectivity index is 2.48. The number of anilines is 1. The van der Waals surface area contributed by atoms with Crippen molar-refractivity contribution in [3.05, 3.63) is 24.0 Å². The highest BCUT2D eigenvalue weighted by molar-refractivity contribution is 7.92. The molecule has 0 bridgehead atoms. The van der Waals surface area contributed by atoms with Gasteiger partial charge in [0.05, 0.1) is 27.0 Å². The quantitative estimate of drug-likeness (QED) is 0.852. The van der Waals surface area contributed by atoms with E-state index in [0.717, 1.165) is 6.07 Å². The highest BCUT2D eigenvalue weighted by Gasteiger charge is 2.52. The summed E-state index contributed by atoms with van der Waals surface area (Å²) in [4.78, 5) is -0.0522. The number of nitrogens with two attached hydrogens (primary N) is 1. The van der Waals surface area contributed by atoms with Crippen molar-refractivity contribution in [3.63, 3.8) is 0 Å². The minimum Gasteiger partial charge on any atom is -0.396 e. The van der Waals surface area contributed by atoms with Crippen LogP contribution >= 0.6 is 0 Å². The predicted octanol–water partition coefficient (Wildman–Crippen LogP) is 2.53. The fraction of sp³-hybridized carbons (Fsp3) is 0.571. The molecule has 0 radical (unpaired) electrons. The second-order valence-corrected chi connectivity index (χ2v) is 8.52. The van der Waals surface area contributed by atoms with E-state index in [9.17, 15) is 12.8 Å². The summed E-state index contributed by atoms with van der Waals surface area (Å²) in [5, 5.41) is -0.715. The van der Waals surface area contributed by atoms with E-state index >= 15 is 0 Å². The maximum atomic E-state index is 13.5. The Morgan fingerprint density at radius 1 is 1.30 bits per heavy atom. The Kier molecular flexibility index (Phi) is 3.38. The number of rotatable bonds is 2. The highest BCUT2D eigenvalue weighted by Crippen LogP contribution is 2.43. The van der Waals surface area contributed by atoms with E-state index in [1.807, 2.05) is 13.8 Å². The maximum absolute atomic E-state index is 13.5. The molecule has 1 atom stereocenters. The van der Waals surface area contributed by atoms with E-state index in [-0.39, 0.29) is 10.6 Å². The molecular weight excluding hydrogens is 281 g/mol. The molecule has 1 heterocycles. The maximum Gasteiger partial charge on any atom is 0.184 e. The number of hydrogen-bond acceptors (Lipinski definition) is 4. The Morgan fingerprint density at radius 3 is 2.35 bits per heavy atom. The smallest absolute Gasteiger partial charge is 0.184 e. The van der Waals surface area contributed by atoms with Gasteiger partial charge >= 0.3 is 0 Å². The minimum atomic E-state index is -3.68. The van der Waals surface area contributed by atoms with Crippen molar-refractivity contribution in [2.75, 3.05) is 5.73 Å². The second-order valence-electron chi connectivity index (χ2n) is 6.39. The number of benzene rings is 1. The van der Waals surface area contributed by atoms with Crippen LogP contribution in [0.15, 0.2) is 23.1 Å². The molecule has 1 aromatic carbocycles. The van der Waals surface area contributed by atoms with E-state index in [1.165, 1.54) is 12.1 Å². The Labute approximate surface area is 119 Å². The lowest BCUT2D eigenvalue weighted by atomic mass is 10.0. The fourth-order valence-electron chi connectivity index (χ4n) is 2.84. The third-order valence-electron chi connectivity index (χ3n) is 3.67. The zero-order chi connectivity index (χ0) is 15.3. The zero-order valence-electron chi connectivity index (χ0n) is 12.1. The zero-order valence-corrected chi connectivity index (χ0v) is 12.9. The fourth-order valence-corrected chi connectivity index (χ4v) is 5.11. The minimum absolute atomic E-state index is 0.0522. The molecule has 1 fully saturated rings. The van der Waals surface area contributed by atoms with Gasteiger partial charge in [0.1, 0.15) is 5.82 Å². The molecule has 112 valence electrons. The van der Waals surface area contributed by atoms with E-state index < -0.39 is 32.1 Å². The van der Waals surface area contributed by atoms with Gasteiger partial charge in [-0.05, 0) is 52.3 Å². The number of nitrogen functional groups attached to an aromatic ring is 1. The van der Waals surface area contributed by atoms with Crippen LogP contribution in [-0.4, -0.2) is 24.9 Å². The molecule has 1 aromatic rings. The third kappa shape index (κ3) is 2.54. The van der Waals surface area contributed by atoms with Crippen molar-refractivity contribution in [2.24, 2.45) is 0 Å². The van der Waals surface area contributed by atoms with Crippen molar-refractivity contribution < 1.29 is 17.5 Å². The van der Waals surface area contributed by atoms with Crippen molar-refractivity contribution in [3.8, 4) is 0 Å². The first-order chi connectivity index (χ1) is 8.96. The molecule has 4 nitrogen and oxygen atoms in total. The average Bonchev–Trinajstić information content (AvgIpc) is 2.51. The first-order valence-corrected chi connectivity index (χ1v) is 7.99. The lowest BCUT2D eigenvalue weighted by Gasteiger charge is -2.27. The van der Waals surface area contributed by atoms with Crippen LogP contribution in [0.3, 0.4) is 0 Å². The molecule has 2 N–H and O–H groups in total. The molecule has 0 spiro atoms. The van der Waals surface area contributed by atoms with E-state index in [0.29, 0.717) is 6.42 Å². The summed E-state index contributed by atoms with van der Waals surface area (Å²) in [7, 11) is -3.68. The number of hydrogen-bond donors (Lipinski definition) is 1. The first-order valence-electron chi connectivity index (χ1n) is 6.45. The van der Waals surface area contributed by atoms with Crippen LogP contribution in [0, 0.1) is 5.82 Å². The molecule has 0 aliphatic carbocycles. The van der Waals surface area contributed by atoms with Crippen LogP contribution in [0.5, 0.6) is 0 Å². The Bertz CT molecular complexity index is 638. The van der Waals surface area contributed by atoms with Crippen molar-refractivity contribution in [2.45, 2.75) is 55.5 Å². The molecule has 0 amide bonds. The highest BCUT2D eigenvalue weighted by atomic mass is 32.2. The van der Waals surface area contributed by atoms with Gasteiger partial charge in [-0.2, -0.15) is 0 Å². The molecule has 1 aliphatic heterocycles. The monoisotopic (exact) mass is 301 g/mol. The topological polar surface area (TPSA) is 69.4 Å². The van der Waals surface area contributed by atoms with Gasteiger partial charge in [-0.1, -0.05) is 0 Å². The van der Waals surface area contributed by atoms with Gasteiger partial charge < -0.3 is 10.5 Å². The lowest BCUT2D eigenvalue weighted by Crippen LogP contribution is -2.38. The molecule has 0 aromatic heterocycles. The van der Waals surface area contributed by atoms with Crippen molar-refractivity contribution in [1.29, 1.82) is 0 Å². The molecule has 1 aliphatic rings. The molecular formula is C14H20FNO3S. The molecule has 20 heavy (non-hydrogen) atoms. The van der Waals surface area contributed by atoms with E-state index in [4.69, 9.17) is 10.5 Å². The van der Waals surface area contributed by atoms with E-state index in [2.05, 4.69) is 0 Å². The number of sulfone groups is 1. The summed E-state index contributed by atoms with van der Waals surface area (Å²) >= 11 is 0. The molecule has 2 rings (SSSR count). The lowest BCUT2D eigenvalue weighted by molar-refractivity contribution is -0.0635. The van der Waals surface area contributed by atoms with Gasteiger partial charge in [-0.15, -0.1) is 0 Å². The average molecular weight is 301 g/mol. The van der Waals surface area contributed by atoms with Gasteiger partial charge in [-0.25, -0.2) is 12.8 Å². The predicted molar refractivity (Wildman–Crippen MR) is 75.6 cm³/mol. The van der Waals surface area contributed by atoms with Crippen molar-refractivity contribution >= 4 is 15.5 Å². The summed E-state index contributed by atoms with van der Waals surface area (Å²) < 4.78 is 44.8. The summed E-state index contributed by atoms with van der Waals surface area (Å²) in [6, 6.07) is 3.59. The Morgan fingerprint density at radius 2 is 1.90 bits per heavy atom. The Hall–Kier alpha value is -1.14. The van der Waals surface area contributed by atoms with Crippen LogP contribution in [0.1, 0.15) is 34.1 Å². The first kappa shape index (κ1) is 15.3. The summed E-state index contributed by atoms with van der Waals surface area (Å²) in [5.41, 5.74) is 3.98. The standard InChI is InChI=1S/C14H20FNO3S/c1-13(2)8-12(14(3,4)19-13)20(17,18)9-5-6-11(16)10(15)7-9/h5-7,12H,8,16H2,1-4H3. The third-order valence-corrected chi connectivity index (χ3v) is 6.06. The van der Waals surface area contributed by atoms with Gasteiger partial charge in [-0.3, -0.25) is 0 Å². The van der Waals surface area contributed by atoms with Gasteiger partial charge in [0.15, 0.2) is 9.84 Å². The van der Waals surface area contributed by atoms with Crippen LogP contribution < -0.4 is 5.73 Å². The summed E-state index contributed by atoms with van der Waals surface area (Å²) in [6.07, 6.45) is 0.369. The normalized spacial score (nSPS) is 24.8. The van der Waals surface area contributed by atoms with E-state index in [1.54, 1.807) is 13.8 Å².